The summed E-state index contributed by atoms with van der Waals surface area (Å²) >= 11 is 0. The Morgan fingerprint density at radius 1 is 1.56 bits per heavy atom. The summed E-state index contributed by atoms with van der Waals surface area (Å²) in [6.07, 6.45) is 1.62. The van der Waals surface area contributed by atoms with E-state index in [4.69, 9.17) is 4.74 Å². The fourth-order valence-corrected chi connectivity index (χ4v) is 1.86. The van der Waals surface area contributed by atoms with Crippen molar-refractivity contribution in [2.75, 3.05) is 19.8 Å². The van der Waals surface area contributed by atoms with E-state index in [1.165, 1.54) is 0 Å². The number of amides is 1. The van der Waals surface area contributed by atoms with Gasteiger partial charge in [0.25, 0.3) is 0 Å². The van der Waals surface area contributed by atoms with Crippen LogP contribution in [-0.4, -0.2) is 37.7 Å². The minimum absolute atomic E-state index is 0.178. The Bertz CT molecular complexity index is 219. The number of carbonyl (C=O) groups is 1. The molecule has 1 aliphatic rings. The van der Waals surface area contributed by atoms with E-state index in [1.807, 2.05) is 6.92 Å². The van der Waals surface area contributed by atoms with Gasteiger partial charge in [0.15, 0.2) is 0 Å². The number of hydrogen-bond donors (Lipinski definition) is 2. The molecule has 2 N–H and O–H groups in total. The van der Waals surface area contributed by atoms with E-state index >= 15 is 0 Å². The fourth-order valence-electron chi connectivity index (χ4n) is 1.86. The standard InChI is InChI=1S/C12H24N2O2/c1-4-16-8-11(9(2)3)13-7-10-5-6-12(15)14-10/h9-11,13H,4-8H2,1-3H3,(H,14,15). The van der Waals surface area contributed by atoms with Gasteiger partial charge in [0.2, 0.25) is 5.91 Å². The highest BCUT2D eigenvalue weighted by Gasteiger charge is 2.22. The second kappa shape index (κ2) is 6.86. The van der Waals surface area contributed by atoms with Crippen molar-refractivity contribution in [3.63, 3.8) is 0 Å². The van der Waals surface area contributed by atoms with Crippen LogP contribution in [0.5, 0.6) is 0 Å². The predicted molar refractivity (Wildman–Crippen MR) is 64.3 cm³/mol. The Hall–Kier alpha value is -0.610. The van der Waals surface area contributed by atoms with Crippen LogP contribution in [0.1, 0.15) is 33.6 Å². The monoisotopic (exact) mass is 228 g/mol. The molecule has 4 nitrogen and oxygen atoms in total. The quantitative estimate of drug-likeness (QED) is 0.681. The maximum absolute atomic E-state index is 11.0. The molecule has 1 rings (SSSR count). The summed E-state index contributed by atoms with van der Waals surface area (Å²) in [4.78, 5) is 11.0. The zero-order chi connectivity index (χ0) is 12.0. The van der Waals surface area contributed by atoms with Gasteiger partial charge in [0, 0.05) is 31.7 Å². The van der Waals surface area contributed by atoms with E-state index in [2.05, 4.69) is 24.5 Å². The van der Waals surface area contributed by atoms with E-state index < -0.39 is 0 Å². The molecule has 0 aliphatic carbocycles. The highest BCUT2D eigenvalue weighted by Crippen LogP contribution is 2.07. The van der Waals surface area contributed by atoms with Crippen molar-refractivity contribution in [3.8, 4) is 0 Å². The van der Waals surface area contributed by atoms with Crippen LogP contribution in [0.2, 0.25) is 0 Å². The molecular formula is C12H24N2O2. The molecule has 94 valence electrons. The lowest BCUT2D eigenvalue weighted by molar-refractivity contribution is -0.119. The molecule has 4 heteroatoms. The van der Waals surface area contributed by atoms with E-state index in [0.29, 0.717) is 24.4 Å². The molecule has 16 heavy (non-hydrogen) atoms. The summed E-state index contributed by atoms with van der Waals surface area (Å²) in [6, 6.07) is 0.674. The zero-order valence-corrected chi connectivity index (χ0v) is 10.6. The summed E-state index contributed by atoms with van der Waals surface area (Å²) < 4.78 is 5.44. The van der Waals surface area contributed by atoms with E-state index in [1.54, 1.807) is 0 Å². The summed E-state index contributed by atoms with van der Waals surface area (Å²) in [5.74, 6) is 0.723. The number of nitrogens with one attached hydrogen (secondary N) is 2. The summed E-state index contributed by atoms with van der Waals surface area (Å²) in [5.41, 5.74) is 0. The van der Waals surface area contributed by atoms with Gasteiger partial charge in [0.05, 0.1) is 6.61 Å². The average molecular weight is 228 g/mol. The molecule has 0 aromatic rings. The van der Waals surface area contributed by atoms with Gasteiger partial charge in [-0.2, -0.15) is 0 Å². The van der Waals surface area contributed by atoms with Gasteiger partial charge in [-0.1, -0.05) is 13.8 Å². The van der Waals surface area contributed by atoms with Crippen molar-refractivity contribution in [2.24, 2.45) is 5.92 Å². The van der Waals surface area contributed by atoms with Crippen molar-refractivity contribution < 1.29 is 9.53 Å². The lowest BCUT2D eigenvalue weighted by atomic mass is 10.0. The van der Waals surface area contributed by atoms with Crippen molar-refractivity contribution in [1.82, 2.24) is 10.6 Å². The number of rotatable bonds is 7. The van der Waals surface area contributed by atoms with Gasteiger partial charge in [0.1, 0.15) is 0 Å². The molecule has 2 unspecified atom stereocenters. The van der Waals surface area contributed by atoms with Gasteiger partial charge in [-0.15, -0.1) is 0 Å². The van der Waals surface area contributed by atoms with Gasteiger partial charge >= 0.3 is 0 Å². The third kappa shape index (κ3) is 4.49. The second-order valence-electron chi connectivity index (χ2n) is 4.72. The van der Waals surface area contributed by atoms with Gasteiger partial charge in [-0.25, -0.2) is 0 Å². The maximum Gasteiger partial charge on any atom is 0.220 e. The van der Waals surface area contributed by atoms with Gasteiger partial charge in [-0.3, -0.25) is 4.79 Å². The molecule has 0 spiro atoms. The fraction of sp³-hybridized carbons (Fsp3) is 0.917. The van der Waals surface area contributed by atoms with Crippen molar-refractivity contribution in [2.45, 2.75) is 45.7 Å². The molecule has 0 saturated carbocycles. The second-order valence-corrected chi connectivity index (χ2v) is 4.72. The van der Waals surface area contributed by atoms with Crippen LogP contribution in [0.15, 0.2) is 0 Å². The Labute approximate surface area is 98.1 Å². The first-order valence-corrected chi connectivity index (χ1v) is 6.24. The Kier molecular flexibility index (Phi) is 5.77. The van der Waals surface area contributed by atoms with Crippen LogP contribution in [0.3, 0.4) is 0 Å². The molecular weight excluding hydrogens is 204 g/mol. The van der Waals surface area contributed by atoms with E-state index in [-0.39, 0.29) is 5.91 Å². The SMILES string of the molecule is CCOCC(NCC1CCC(=O)N1)C(C)C. The van der Waals surface area contributed by atoms with Crippen LogP contribution >= 0.6 is 0 Å². The van der Waals surface area contributed by atoms with Gasteiger partial charge in [-0.05, 0) is 19.3 Å². The van der Waals surface area contributed by atoms with Crippen LogP contribution in [0.4, 0.5) is 0 Å². The van der Waals surface area contributed by atoms with Crippen LogP contribution in [0, 0.1) is 5.92 Å². The molecule has 1 heterocycles. The van der Waals surface area contributed by atoms with Crippen LogP contribution in [-0.2, 0) is 9.53 Å². The Morgan fingerprint density at radius 3 is 2.81 bits per heavy atom. The van der Waals surface area contributed by atoms with Crippen molar-refractivity contribution >= 4 is 5.91 Å². The first-order valence-electron chi connectivity index (χ1n) is 6.24. The summed E-state index contributed by atoms with van der Waals surface area (Å²) in [5, 5.41) is 6.44. The van der Waals surface area contributed by atoms with Crippen LogP contribution in [0.25, 0.3) is 0 Å². The minimum atomic E-state index is 0.178. The average Bonchev–Trinajstić information content (AvgIpc) is 2.64. The van der Waals surface area contributed by atoms with Crippen LogP contribution < -0.4 is 10.6 Å². The largest absolute Gasteiger partial charge is 0.380 e. The molecule has 1 amide bonds. The minimum Gasteiger partial charge on any atom is -0.380 e. The highest BCUT2D eigenvalue weighted by molar-refractivity contribution is 5.78. The Morgan fingerprint density at radius 2 is 2.31 bits per heavy atom. The maximum atomic E-state index is 11.0. The smallest absolute Gasteiger partial charge is 0.220 e. The first-order chi connectivity index (χ1) is 7.63. The summed E-state index contributed by atoms with van der Waals surface area (Å²) in [6.45, 7) is 8.73. The molecule has 2 atom stereocenters. The number of hydrogen-bond acceptors (Lipinski definition) is 3. The summed E-state index contributed by atoms with van der Waals surface area (Å²) in [7, 11) is 0. The molecule has 1 fully saturated rings. The third-order valence-corrected chi connectivity index (χ3v) is 3.02. The normalized spacial score (nSPS) is 22.5. The van der Waals surface area contributed by atoms with E-state index in [9.17, 15) is 4.79 Å². The molecule has 0 radical (unpaired) electrons. The van der Waals surface area contributed by atoms with Gasteiger partial charge < -0.3 is 15.4 Å². The third-order valence-electron chi connectivity index (χ3n) is 3.02. The molecule has 1 aliphatic heterocycles. The zero-order valence-electron chi connectivity index (χ0n) is 10.6. The molecule has 0 aromatic heterocycles. The Balaban J connectivity index is 2.23. The molecule has 0 aromatic carbocycles. The first kappa shape index (κ1) is 13.5. The van der Waals surface area contributed by atoms with Crippen molar-refractivity contribution in [1.29, 1.82) is 0 Å². The lowest BCUT2D eigenvalue weighted by Crippen LogP contribution is -2.44. The van der Waals surface area contributed by atoms with E-state index in [0.717, 1.165) is 26.2 Å². The number of ether oxygens (including phenoxy) is 1. The predicted octanol–water partition coefficient (Wildman–Crippen LogP) is 0.916. The van der Waals surface area contributed by atoms with Crippen molar-refractivity contribution in [3.05, 3.63) is 0 Å². The topological polar surface area (TPSA) is 50.4 Å². The molecule has 1 saturated heterocycles. The highest BCUT2D eigenvalue weighted by atomic mass is 16.5. The lowest BCUT2D eigenvalue weighted by Gasteiger charge is -2.24. The molecule has 0 bridgehead atoms. The number of carbonyl (C=O) groups excluding carboxylic acids is 1.